The maximum absolute atomic E-state index is 11.7. The van der Waals surface area contributed by atoms with Gasteiger partial charge in [0.15, 0.2) is 0 Å². The third kappa shape index (κ3) is 16.2. The van der Waals surface area contributed by atoms with Gasteiger partial charge in [0.25, 0.3) is 0 Å². The zero-order valence-corrected chi connectivity index (χ0v) is 19.2. The Morgan fingerprint density at radius 3 is 1.27 bits per heavy atom. The van der Waals surface area contributed by atoms with E-state index in [0.29, 0.717) is 0 Å². The minimum Gasteiger partial charge on any atom is -0.460 e. The second kappa shape index (κ2) is 12.0. The number of hydrogen-bond donors (Lipinski definition) is 4. The van der Waals surface area contributed by atoms with Gasteiger partial charge in [0.2, 0.25) is 0 Å². The minimum atomic E-state index is -0.743. The summed E-state index contributed by atoms with van der Waals surface area (Å²) in [7, 11) is 0. The Kier molecular flexibility index (Phi) is 10.9. The number of hydrogen-bond acceptors (Lipinski definition) is 6. The van der Waals surface area contributed by atoms with Crippen LogP contribution in [-0.2, 0) is 19.1 Å². The van der Waals surface area contributed by atoms with Crippen LogP contribution in [0.25, 0.3) is 0 Å². The molecule has 0 bridgehead atoms. The molecule has 0 radical (unpaired) electrons. The molecular weight excluding hydrogens is 392 g/mol. The summed E-state index contributed by atoms with van der Waals surface area (Å²) in [6.45, 7) is 14.3. The molecule has 10 nitrogen and oxygen atoms in total. The third-order valence-electron chi connectivity index (χ3n) is 3.04. The Morgan fingerprint density at radius 1 is 0.700 bits per heavy atom. The largest absolute Gasteiger partial charge is 0.460 e. The minimum absolute atomic E-state index is 0.0559. The first kappa shape index (κ1) is 27.2. The fourth-order valence-electron chi connectivity index (χ4n) is 1.93. The van der Waals surface area contributed by atoms with E-state index in [0.717, 1.165) is 12.2 Å². The molecule has 172 valence electrons. The molecule has 0 aromatic carbocycles. The summed E-state index contributed by atoms with van der Waals surface area (Å²) in [4.78, 5) is 46.8. The van der Waals surface area contributed by atoms with E-state index in [-0.39, 0.29) is 36.4 Å². The second-order valence-electron chi connectivity index (χ2n) is 9.09. The summed E-state index contributed by atoms with van der Waals surface area (Å²) in [5.41, 5.74) is -0.764. The van der Waals surface area contributed by atoms with E-state index < -0.39 is 24.0 Å². The molecule has 0 aromatic heterocycles. The number of ether oxygens (including phenoxy) is 2. The van der Waals surface area contributed by atoms with Crippen LogP contribution in [0.1, 0.15) is 55.4 Å². The molecule has 0 aliphatic rings. The predicted molar refractivity (Wildman–Crippen MR) is 113 cm³/mol. The topological polar surface area (TPSA) is 135 Å². The number of carbonyl (C=O) groups excluding carboxylic acids is 4. The van der Waals surface area contributed by atoms with Crippen molar-refractivity contribution in [1.82, 2.24) is 21.3 Å². The zero-order valence-electron chi connectivity index (χ0n) is 19.2. The Hall–Kier alpha value is -2.78. The third-order valence-corrected chi connectivity index (χ3v) is 3.04. The van der Waals surface area contributed by atoms with E-state index in [4.69, 9.17) is 9.47 Å². The van der Waals surface area contributed by atoms with Gasteiger partial charge in [0.05, 0.1) is 12.1 Å². The summed E-state index contributed by atoms with van der Waals surface area (Å²) >= 11 is 0. The van der Waals surface area contributed by atoms with E-state index in [9.17, 15) is 19.2 Å². The fourth-order valence-corrected chi connectivity index (χ4v) is 1.93. The van der Waals surface area contributed by atoms with Crippen LogP contribution in [0.5, 0.6) is 0 Å². The van der Waals surface area contributed by atoms with Crippen LogP contribution >= 0.6 is 0 Å². The van der Waals surface area contributed by atoms with Crippen LogP contribution in [-0.4, -0.2) is 60.4 Å². The lowest BCUT2D eigenvalue weighted by Gasteiger charge is -2.22. The monoisotopic (exact) mass is 428 g/mol. The van der Waals surface area contributed by atoms with Gasteiger partial charge in [-0.25, -0.2) is 19.2 Å². The van der Waals surface area contributed by atoms with Gasteiger partial charge >= 0.3 is 24.0 Å². The van der Waals surface area contributed by atoms with Crippen molar-refractivity contribution >= 4 is 24.0 Å². The molecule has 0 aromatic rings. The van der Waals surface area contributed by atoms with Gasteiger partial charge in [-0.3, -0.25) is 0 Å². The molecule has 4 N–H and O–H groups in total. The molecule has 0 saturated carbocycles. The summed E-state index contributed by atoms with van der Waals surface area (Å²) in [6, 6.07) is -1.57. The number of esters is 2. The Balaban J connectivity index is 4.17. The van der Waals surface area contributed by atoms with Crippen molar-refractivity contribution < 1.29 is 28.7 Å². The van der Waals surface area contributed by atoms with Gasteiger partial charge in [0.1, 0.15) is 13.2 Å². The lowest BCUT2D eigenvalue weighted by atomic mass is 10.1. The molecule has 0 unspecified atom stereocenters. The lowest BCUT2D eigenvalue weighted by Crippen LogP contribution is -2.50. The molecule has 0 aliphatic heterocycles. The van der Waals surface area contributed by atoms with Crippen LogP contribution in [0, 0.1) is 0 Å². The van der Waals surface area contributed by atoms with E-state index in [1.807, 2.05) is 41.5 Å². The van der Waals surface area contributed by atoms with Crippen LogP contribution in [0.2, 0.25) is 0 Å². The van der Waals surface area contributed by atoms with Crippen LogP contribution in [0.3, 0.4) is 0 Å². The van der Waals surface area contributed by atoms with Crippen LogP contribution in [0.4, 0.5) is 9.59 Å². The molecule has 0 fully saturated rings. The van der Waals surface area contributed by atoms with Crippen molar-refractivity contribution in [3.8, 4) is 0 Å². The normalized spacial score (nSPS) is 13.7. The Bertz CT molecular complexity index is 580. The highest BCUT2D eigenvalue weighted by atomic mass is 16.5. The van der Waals surface area contributed by atoms with Gasteiger partial charge in [-0.05, 0) is 55.4 Å². The van der Waals surface area contributed by atoms with Gasteiger partial charge < -0.3 is 30.7 Å². The van der Waals surface area contributed by atoms with Gasteiger partial charge in [0, 0.05) is 23.2 Å². The SMILES string of the molecule is C[C@H](COC(=O)/C=C/C(=O)OC[C@@H](C)NC(=O)NC(C)(C)C)NC(=O)NC(C)(C)C. The average molecular weight is 429 g/mol. The molecule has 0 aliphatic carbocycles. The number of rotatable bonds is 8. The first-order valence-electron chi connectivity index (χ1n) is 9.76. The molecule has 0 spiro atoms. The van der Waals surface area contributed by atoms with Crippen molar-refractivity contribution in [2.75, 3.05) is 13.2 Å². The molecule has 30 heavy (non-hydrogen) atoms. The Labute approximate surface area is 178 Å². The molecule has 4 amide bonds. The number of carbonyl (C=O) groups is 4. The van der Waals surface area contributed by atoms with E-state index in [1.165, 1.54) is 0 Å². The summed E-state index contributed by atoms with van der Waals surface area (Å²) in [5.74, 6) is -1.49. The highest BCUT2D eigenvalue weighted by Crippen LogP contribution is 1.99. The molecule has 10 heteroatoms. The van der Waals surface area contributed by atoms with Gasteiger partial charge in [-0.15, -0.1) is 0 Å². The van der Waals surface area contributed by atoms with E-state index in [2.05, 4.69) is 21.3 Å². The van der Waals surface area contributed by atoms with Crippen LogP contribution in [0.15, 0.2) is 12.2 Å². The van der Waals surface area contributed by atoms with Crippen LogP contribution < -0.4 is 21.3 Å². The van der Waals surface area contributed by atoms with Crippen molar-refractivity contribution in [2.24, 2.45) is 0 Å². The number of urea groups is 2. The van der Waals surface area contributed by atoms with Crippen molar-refractivity contribution in [1.29, 1.82) is 0 Å². The Morgan fingerprint density at radius 2 is 1.00 bits per heavy atom. The van der Waals surface area contributed by atoms with E-state index >= 15 is 0 Å². The zero-order chi connectivity index (χ0) is 23.5. The highest BCUT2D eigenvalue weighted by molar-refractivity contribution is 5.91. The molecule has 0 saturated heterocycles. The standard InChI is InChI=1S/C20H36N4O6/c1-13(21-17(27)23-19(3,4)5)11-29-15(25)9-10-16(26)30-12-14(2)22-18(28)24-20(6,7)8/h9-10,13-14H,11-12H2,1-8H3,(H2,21,23,27)(H2,22,24,28)/b10-9+/t13-,14-/m1/s1. The highest BCUT2D eigenvalue weighted by Gasteiger charge is 2.17. The van der Waals surface area contributed by atoms with Crippen molar-refractivity contribution in [3.05, 3.63) is 12.2 Å². The fraction of sp³-hybridized carbons (Fsp3) is 0.700. The maximum Gasteiger partial charge on any atom is 0.331 e. The molecule has 0 heterocycles. The number of amides is 4. The molecule has 0 rings (SSSR count). The quantitative estimate of drug-likeness (QED) is 0.343. The summed E-state index contributed by atoms with van der Waals surface area (Å²) in [6.07, 6.45) is 1.88. The van der Waals surface area contributed by atoms with E-state index in [1.54, 1.807) is 13.8 Å². The summed E-state index contributed by atoms with van der Waals surface area (Å²) in [5, 5.41) is 10.7. The van der Waals surface area contributed by atoms with Crippen molar-refractivity contribution in [3.63, 3.8) is 0 Å². The lowest BCUT2D eigenvalue weighted by molar-refractivity contribution is -0.141. The summed E-state index contributed by atoms with van der Waals surface area (Å²) < 4.78 is 9.94. The predicted octanol–water partition coefficient (Wildman–Crippen LogP) is 1.60. The first-order chi connectivity index (χ1) is 13.6. The molecule has 2 atom stereocenters. The number of nitrogens with one attached hydrogen (secondary N) is 4. The maximum atomic E-state index is 11.7. The molecular formula is C20H36N4O6. The average Bonchev–Trinajstić information content (AvgIpc) is 2.52. The smallest absolute Gasteiger partial charge is 0.331 e. The van der Waals surface area contributed by atoms with Crippen molar-refractivity contribution in [2.45, 2.75) is 78.6 Å². The van der Waals surface area contributed by atoms with Gasteiger partial charge in [-0.1, -0.05) is 0 Å². The first-order valence-corrected chi connectivity index (χ1v) is 9.76. The van der Waals surface area contributed by atoms with Gasteiger partial charge in [-0.2, -0.15) is 0 Å². The second-order valence-corrected chi connectivity index (χ2v) is 9.09.